The normalized spacial score (nSPS) is 17.3. The van der Waals surface area contributed by atoms with E-state index in [0.29, 0.717) is 30.0 Å². The number of methoxy groups -OCH3 is 2. The number of anilines is 1. The minimum absolute atomic E-state index is 0.0464. The van der Waals surface area contributed by atoms with E-state index in [0.717, 1.165) is 0 Å². The van der Waals surface area contributed by atoms with Crippen LogP contribution in [-0.4, -0.2) is 69.1 Å². The molecule has 2 aromatic carbocycles. The summed E-state index contributed by atoms with van der Waals surface area (Å²) in [5.41, 5.74) is 1.37. The molecule has 1 heterocycles. The Bertz CT molecular complexity index is 1210. The minimum Gasteiger partial charge on any atom is -0.496 e. The Morgan fingerprint density at radius 3 is 2.39 bits per heavy atom. The van der Waals surface area contributed by atoms with Gasteiger partial charge in [-0.15, -0.1) is 0 Å². The highest BCUT2D eigenvalue weighted by atomic mass is 35.5. The fourth-order valence-corrected chi connectivity index (χ4v) is 5.06. The molecule has 1 aliphatic heterocycles. The number of Topliss-reactive ketones (excluding diaryl/α,β-unsaturated/α-hetero) is 1. The maximum absolute atomic E-state index is 13.6. The molecule has 1 aliphatic rings. The number of ether oxygens (including phenoxy) is 4. The number of carbonyl (C=O) groups is 3. The molecule has 3 rings (SSSR count). The van der Waals surface area contributed by atoms with Gasteiger partial charge in [0.25, 0.3) is 0 Å². The molecule has 2 unspecified atom stereocenters. The maximum atomic E-state index is 13.6. The highest BCUT2D eigenvalue weighted by molar-refractivity contribution is 6.36. The number of likely N-dealkylation sites (tertiary alicyclic amines) is 1. The van der Waals surface area contributed by atoms with Crippen LogP contribution >= 0.6 is 11.6 Å². The van der Waals surface area contributed by atoms with Crippen molar-refractivity contribution in [2.45, 2.75) is 52.1 Å². The third-order valence-electron chi connectivity index (χ3n) is 6.55. The standard InChI is InChI=1S/C28H35ClN2O7/c1-15(2)30-20-10-8-9-19(26(20)29)28(34)38-27-24(16(3)32)22(35-6)13-23(36-7)25(27)18-11-12-31(5)21(18)14-37-17(4)33/h8-10,13,15,18,21,30H,11-12,14H2,1-7H3. The van der Waals surface area contributed by atoms with Gasteiger partial charge in [0.2, 0.25) is 0 Å². The summed E-state index contributed by atoms with van der Waals surface area (Å²) < 4.78 is 22.6. The fourth-order valence-electron chi connectivity index (χ4n) is 4.80. The third-order valence-corrected chi connectivity index (χ3v) is 6.95. The molecule has 38 heavy (non-hydrogen) atoms. The molecule has 0 aromatic heterocycles. The molecule has 0 saturated carbocycles. The van der Waals surface area contributed by atoms with Crippen LogP contribution in [-0.2, 0) is 9.53 Å². The summed E-state index contributed by atoms with van der Waals surface area (Å²) >= 11 is 6.58. The van der Waals surface area contributed by atoms with E-state index in [1.54, 1.807) is 24.3 Å². The van der Waals surface area contributed by atoms with Crippen LogP contribution in [0.4, 0.5) is 5.69 Å². The molecule has 0 aliphatic carbocycles. The summed E-state index contributed by atoms with van der Waals surface area (Å²) in [4.78, 5) is 40.1. The van der Waals surface area contributed by atoms with E-state index in [1.807, 2.05) is 20.9 Å². The van der Waals surface area contributed by atoms with Crippen LogP contribution in [0.3, 0.4) is 0 Å². The lowest BCUT2D eigenvalue weighted by Gasteiger charge is -2.28. The van der Waals surface area contributed by atoms with Crippen LogP contribution in [0, 0.1) is 0 Å². The number of carbonyl (C=O) groups excluding carboxylic acids is 3. The number of hydrogen-bond donors (Lipinski definition) is 1. The molecule has 0 spiro atoms. The van der Waals surface area contributed by atoms with Gasteiger partial charge in [-0.2, -0.15) is 0 Å². The molecule has 1 N–H and O–H groups in total. The first-order valence-corrected chi connectivity index (χ1v) is 12.8. The number of rotatable bonds is 10. The van der Waals surface area contributed by atoms with E-state index in [-0.39, 0.29) is 58.0 Å². The maximum Gasteiger partial charge on any atom is 0.345 e. The second-order valence-electron chi connectivity index (χ2n) is 9.56. The average Bonchev–Trinajstić information content (AvgIpc) is 3.22. The third kappa shape index (κ3) is 6.22. The number of nitrogens with one attached hydrogen (secondary N) is 1. The predicted octanol–water partition coefficient (Wildman–Crippen LogP) is 4.95. The van der Waals surface area contributed by atoms with E-state index in [9.17, 15) is 14.4 Å². The van der Waals surface area contributed by atoms with Gasteiger partial charge >= 0.3 is 11.9 Å². The van der Waals surface area contributed by atoms with Crippen molar-refractivity contribution in [1.29, 1.82) is 0 Å². The number of ketones is 1. The van der Waals surface area contributed by atoms with Gasteiger partial charge in [0.1, 0.15) is 23.7 Å². The van der Waals surface area contributed by atoms with Gasteiger partial charge in [-0.05, 0) is 52.9 Å². The molecule has 1 fully saturated rings. The van der Waals surface area contributed by atoms with Crippen LogP contribution in [0.15, 0.2) is 24.3 Å². The second kappa shape index (κ2) is 12.5. The minimum atomic E-state index is -0.732. The van der Waals surface area contributed by atoms with Crippen molar-refractivity contribution in [3.05, 3.63) is 46.0 Å². The smallest absolute Gasteiger partial charge is 0.345 e. The van der Waals surface area contributed by atoms with Crippen molar-refractivity contribution in [2.75, 3.05) is 39.7 Å². The summed E-state index contributed by atoms with van der Waals surface area (Å²) in [6.45, 7) is 7.47. The lowest BCUT2D eigenvalue weighted by Crippen LogP contribution is -2.34. The Balaban J connectivity index is 2.19. The quantitative estimate of drug-likeness (QED) is 0.252. The van der Waals surface area contributed by atoms with Gasteiger partial charge in [0.15, 0.2) is 11.5 Å². The average molecular weight is 547 g/mol. The molecule has 2 aromatic rings. The summed E-state index contributed by atoms with van der Waals surface area (Å²) in [5, 5.41) is 3.42. The highest BCUT2D eigenvalue weighted by Gasteiger charge is 2.40. The Labute approximate surface area is 228 Å². The van der Waals surface area contributed by atoms with Crippen molar-refractivity contribution < 1.29 is 33.3 Å². The highest BCUT2D eigenvalue weighted by Crippen LogP contribution is 2.48. The van der Waals surface area contributed by atoms with Crippen LogP contribution in [0.5, 0.6) is 17.2 Å². The second-order valence-corrected chi connectivity index (χ2v) is 9.93. The van der Waals surface area contributed by atoms with E-state index >= 15 is 0 Å². The Morgan fingerprint density at radius 2 is 1.82 bits per heavy atom. The zero-order valence-electron chi connectivity index (χ0n) is 22.8. The van der Waals surface area contributed by atoms with Crippen molar-refractivity contribution in [1.82, 2.24) is 4.90 Å². The predicted molar refractivity (Wildman–Crippen MR) is 145 cm³/mol. The van der Waals surface area contributed by atoms with E-state index in [4.69, 9.17) is 30.5 Å². The van der Waals surface area contributed by atoms with Gasteiger partial charge in [0.05, 0.1) is 36.5 Å². The number of benzene rings is 2. The van der Waals surface area contributed by atoms with Crippen molar-refractivity contribution in [2.24, 2.45) is 0 Å². The summed E-state index contributed by atoms with van der Waals surface area (Å²) in [6, 6.07) is 6.51. The lowest BCUT2D eigenvalue weighted by atomic mass is 9.87. The largest absolute Gasteiger partial charge is 0.496 e. The van der Waals surface area contributed by atoms with Gasteiger partial charge in [-0.1, -0.05) is 17.7 Å². The molecule has 0 radical (unpaired) electrons. The molecule has 206 valence electrons. The van der Waals surface area contributed by atoms with E-state index in [1.165, 1.54) is 28.1 Å². The number of likely N-dealkylation sites (N-methyl/N-ethyl adjacent to an activating group) is 1. The zero-order valence-corrected chi connectivity index (χ0v) is 23.6. The van der Waals surface area contributed by atoms with Crippen LogP contribution < -0.4 is 19.5 Å². The lowest BCUT2D eigenvalue weighted by molar-refractivity contribution is -0.142. The Hall–Kier alpha value is -3.30. The summed E-state index contributed by atoms with van der Waals surface area (Å²) in [5.74, 6) is -1.10. The zero-order chi connectivity index (χ0) is 28.1. The van der Waals surface area contributed by atoms with E-state index < -0.39 is 11.9 Å². The molecular weight excluding hydrogens is 512 g/mol. The first kappa shape index (κ1) is 29.3. The summed E-state index contributed by atoms with van der Waals surface area (Å²) in [6.07, 6.45) is 0.654. The van der Waals surface area contributed by atoms with Crippen LogP contribution in [0.2, 0.25) is 5.02 Å². The topological polar surface area (TPSA) is 103 Å². The number of halogens is 1. The molecule has 2 atom stereocenters. The van der Waals surface area contributed by atoms with Gasteiger partial charge in [-0.3, -0.25) is 14.5 Å². The van der Waals surface area contributed by atoms with E-state index in [2.05, 4.69) is 10.2 Å². The number of nitrogens with zero attached hydrogens (tertiary/aromatic N) is 1. The van der Waals surface area contributed by atoms with Gasteiger partial charge < -0.3 is 24.3 Å². The molecular formula is C28H35ClN2O7. The number of esters is 2. The van der Waals surface area contributed by atoms with Crippen molar-refractivity contribution >= 4 is 35.0 Å². The van der Waals surface area contributed by atoms with Crippen LogP contribution in [0.1, 0.15) is 66.3 Å². The fraction of sp³-hybridized carbons (Fsp3) is 0.464. The molecule has 0 bridgehead atoms. The van der Waals surface area contributed by atoms with Gasteiger partial charge in [-0.25, -0.2) is 4.79 Å². The monoisotopic (exact) mass is 546 g/mol. The van der Waals surface area contributed by atoms with Crippen LogP contribution in [0.25, 0.3) is 0 Å². The Morgan fingerprint density at radius 1 is 1.13 bits per heavy atom. The van der Waals surface area contributed by atoms with Crippen molar-refractivity contribution in [3.63, 3.8) is 0 Å². The molecule has 10 heteroatoms. The molecule has 0 amide bonds. The SMILES string of the molecule is COc1cc(OC)c(C2CCN(C)C2COC(C)=O)c(OC(=O)c2cccc(NC(C)C)c2Cl)c1C(C)=O. The molecule has 1 saturated heterocycles. The molecule has 9 nitrogen and oxygen atoms in total. The first-order chi connectivity index (χ1) is 18.0. The number of hydrogen-bond acceptors (Lipinski definition) is 9. The summed E-state index contributed by atoms with van der Waals surface area (Å²) in [7, 11) is 4.85. The Kier molecular flexibility index (Phi) is 9.62. The van der Waals surface area contributed by atoms with Crippen molar-refractivity contribution in [3.8, 4) is 17.2 Å². The van der Waals surface area contributed by atoms with Gasteiger partial charge in [0, 0.05) is 30.5 Å². The first-order valence-electron chi connectivity index (χ1n) is 12.4.